The van der Waals surface area contributed by atoms with Crippen molar-refractivity contribution in [3.8, 4) is 17.1 Å². The number of fused-ring (bicyclic) bond motifs is 5. The van der Waals surface area contributed by atoms with Gasteiger partial charge >= 0.3 is 0 Å². The third kappa shape index (κ3) is 1.94. The zero-order valence-corrected chi connectivity index (χ0v) is 14.6. The second-order valence-corrected chi connectivity index (χ2v) is 6.97. The summed E-state index contributed by atoms with van der Waals surface area (Å²) < 4.78 is 4.94. The maximum Gasteiger partial charge on any atom is 0.295 e. The third-order valence-electron chi connectivity index (χ3n) is 5.66. The van der Waals surface area contributed by atoms with Gasteiger partial charge in [-0.3, -0.25) is 0 Å². The van der Waals surface area contributed by atoms with Gasteiger partial charge in [-0.15, -0.1) is 0 Å². The molecule has 2 unspecified atom stereocenters. The number of benzene rings is 3. The van der Waals surface area contributed by atoms with E-state index in [-0.39, 0.29) is 0 Å². The molecule has 1 aliphatic rings. The fourth-order valence-corrected chi connectivity index (χ4v) is 4.27. The Labute approximate surface area is 148 Å². The Morgan fingerprint density at radius 2 is 1.44 bits per heavy atom. The van der Waals surface area contributed by atoms with Gasteiger partial charge in [0.05, 0.1) is 5.56 Å². The minimum absolute atomic E-state index is 0.416. The van der Waals surface area contributed by atoms with Crippen LogP contribution in [0.25, 0.3) is 28.1 Å². The van der Waals surface area contributed by atoms with E-state index in [1.54, 1.807) is 0 Å². The summed E-state index contributed by atoms with van der Waals surface area (Å²) in [6.45, 7) is 4.68. The quantitative estimate of drug-likeness (QED) is 0.422. The summed E-state index contributed by atoms with van der Waals surface area (Å²) in [5.41, 5.74) is 6.56. The van der Waals surface area contributed by atoms with Gasteiger partial charge in [0.1, 0.15) is 11.7 Å². The molecule has 5 rings (SSSR count). The summed E-state index contributed by atoms with van der Waals surface area (Å²) in [7, 11) is 0. The maximum absolute atomic E-state index is 2.52. The molecule has 2 atom stereocenters. The number of nitrogens with zero attached hydrogens (tertiary/aromatic N) is 2. The predicted octanol–water partition coefficient (Wildman–Crippen LogP) is 5.26. The van der Waals surface area contributed by atoms with Crippen LogP contribution in [-0.4, -0.2) is 4.57 Å². The second-order valence-electron chi connectivity index (χ2n) is 6.97. The van der Waals surface area contributed by atoms with Crippen molar-refractivity contribution >= 4 is 11.0 Å². The molecule has 2 nitrogen and oxygen atoms in total. The van der Waals surface area contributed by atoms with Crippen LogP contribution in [0.3, 0.4) is 0 Å². The molecule has 4 aromatic rings. The molecule has 0 amide bonds. The van der Waals surface area contributed by atoms with Crippen LogP contribution in [0, 0.1) is 0 Å². The highest BCUT2D eigenvalue weighted by Crippen LogP contribution is 2.40. The van der Waals surface area contributed by atoms with Crippen LogP contribution in [0.5, 0.6) is 0 Å². The molecular weight excluding hydrogens is 304 g/mol. The molecule has 0 saturated carbocycles. The van der Waals surface area contributed by atoms with E-state index >= 15 is 0 Å². The van der Waals surface area contributed by atoms with Gasteiger partial charge in [-0.25, -0.2) is 4.57 Å². The largest absolute Gasteiger partial charge is 0.295 e. The predicted molar refractivity (Wildman–Crippen MR) is 102 cm³/mol. The van der Waals surface area contributed by atoms with Gasteiger partial charge in [0.25, 0.3) is 5.82 Å². The molecule has 1 aliphatic heterocycles. The Bertz CT molecular complexity index is 1080. The third-order valence-corrected chi connectivity index (χ3v) is 5.66. The van der Waals surface area contributed by atoms with E-state index < -0.39 is 0 Å². The Morgan fingerprint density at radius 1 is 0.760 bits per heavy atom. The van der Waals surface area contributed by atoms with Gasteiger partial charge in [0.15, 0.2) is 11.0 Å². The van der Waals surface area contributed by atoms with Gasteiger partial charge < -0.3 is 0 Å². The van der Waals surface area contributed by atoms with E-state index in [0.29, 0.717) is 12.0 Å². The monoisotopic (exact) mass is 325 g/mol. The van der Waals surface area contributed by atoms with Crippen LogP contribution in [0.4, 0.5) is 0 Å². The SMILES string of the molecule is CC1c2ccccc2-c2n(-c3ccccc3)c3ccccc3[n+]2C1C. The van der Waals surface area contributed by atoms with E-state index in [4.69, 9.17) is 0 Å². The van der Waals surface area contributed by atoms with Crippen molar-refractivity contribution in [1.82, 2.24) is 4.57 Å². The summed E-state index contributed by atoms with van der Waals surface area (Å²) in [4.78, 5) is 0. The van der Waals surface area contributed by atoms with Crippen LogP contribution in [0.15, 0.2) is 78.9 Å². The number of para-hydroxylation sites is 3. The highest BCUT2D eigenvalue weighted by Gasteiger charge is 2.39. The van der Waals surface area contributed by atoms with E-state index in [1.165, 1.54) is 33.7 Å². The molecule has 0 aliphatic carbocycles. The summed E-state index contributed by atoms with van der Waals surface area (Å²) in [5.74, 6) is 1.78. The van der Waals surface area contributed by atoms with Crippen LogP contribution in [-0.2, 0) is 0 Å². The molecular formula is C23H21N2+. The first-order valence-corrected chi connectivity index (χ1v) is 8.97. The molecule has 2 heteroatoms. The molecule has 1 aromatic heterocycles. The minimum atomic E-state index is 0.416. The van der Waals surface area contributed by atoms with Crippen molar-refractivity contribution < 1.29 is 4.57 Å². The van der Waals surface area contributed by atoms with Crippen LogP contribution in [0.2, 0.25) is 0 Å². The average molecular weight is 325 g/mol. The van der Waals surface area contributed by atoms with Crippen molar-refractivity contribution in [1.29, 1.82) is 0 Å². The van der Waals surface area contributed by atoms with Crippen molar-refractivity contribution in [3.05, 3.63) is 84.4 Å². The molecule has 0 N–H and O–H groups in total. The number of hydrogen-bond acceptors (Lipinski definition) is 0. The smallest absolute Gasteiger partial charge is 0.219 e. The molecule has 25 heavy (non-hydrogen) atoms. The second kappa shape index (κ2) is 5.32. The first-order chi connectivity index (χ1) is 12.3. The van der Waals surface area contributed by atoms with Crippen LogP contribution in [0.1, 0.15) is 31.4 Å². The minimum Gasteiger partial charge on any atom is -0.219 e. The van der Waals surface area contributed by atoms with E-state index in [0.717, 1.165) is 0 Å². The molecule has 0 bridgehead atoms. The highest BCUT2D eigenvalue weighted by molar-refractivity contribution is 5.80. The van der Waals surface area contributed by atoms with Gasteiger partial charge in [-0.2, -0.15) is 4.57 Å². The molecule has 3 aromatic carbocycles. The summed E-state index contributed by atoms with van der Waals surface area (Å²) in [5, 5.41) is 0. The number of hydrogen-bond donors (Lipinski definition) is 0. The standard InChI is InChI=1S/C23H21N2/c1-16-17(2)24-21-14-8-9-15-22(21)25(18-10-4-3-5-11-18)23(24)20-13-7-6-12-19(16)20/h3-17H,1-2H3/q+1. The first-order valence-electron chi connectivity index (χ1n) is 8.97. The van der Waals surface area contributed by atoms with Gasteiger partial charge in [0, 0.05) is 5.92 Å². The topological polar surface area (TPSA) is 8.81 Å². The Hall–Kier alpha value is -2.87. The Morgan fingerprint density at radius 3 is 2.28 bits per heavy atom. The lowest BCUT2D eigenvalue weighted by molar-refractivity contribution is -0.689. The van der Waals surface area contributed by atoms with Crippen molar-refractivity contribution in [3.63, 3.8) is 0 Å². The molecule has 122 valence electrons. The first kappa shape index (κ1) is 14.5. The summed E-state index contributed by atoms with van der Waals surface area (Å²) in [6.07, 6.45) is 0. The number of aromatic nitrogens is 2. The lowest BCUT2D eigenvalue weighted by Crippen LogP contribution is -2.45. The lowest BCUT2D eigenvalue weighted by atomic mass is 9.86. The van der Waals surface area contributed by atoms with Crippen LogP contribution < -0.4 is 4.57 Å². The zero-order chi connectivity index (χ0) is 17.0. The lowest BCUT2D eigenvalue weighted by Gasteiger charge is -2.26. The number of rotatable bonds is 1. The highest BCUT2D eigenvalue weighted by atomic mass is 15.2. The Balaban J connectivity index is 1.98. The molecule has 2 heterocycles. The van der Waals surface area contributed by atoms with Crippen LogP contribution >= 0.6 is 0 Å². The average Bonchev–Trinajstić information content (AvgIpc) is 3.02. The summed E-state index contributed by atoms with van der Waals surface area (Å²) in [6, 6.07) is 28.7. The Kier molecular flexibility index (Phi) is 3.08. The molecule has 0 saturated heterocycles. The van der Waals surface area contributed by atoms with E-state index in [9.17, 15) is 0 Å². The van der Waals surface area contributed by atoms with Crippen molar-refractivity contribution in [2.24, 2.45) is 0 Å². The zero-order valence-electron chi connectivity index (χ0n) is 14.6. The fourth-order valence-electron chi connectivity index (χ4n) is 4.27. The molecule has 0 spiro atoms. The fraction of sp³-hybridized carbons (Fsp3) is 0.174. The summed E-state index contributed by atoms with van der Waals surface area (Å²) >= 11 is 0. The normalized spacial score (nSPS) is 18.8. The maximum atomic E-state index is 2.52. The molecule has 0 fully saturated rings. The van der Waals surface area contributed by atoms with E-state index in [2.05, 4.69) is 102 Å². The van der Waals surface area contributed by atoms with Gasteiger partial charge in [0.2, 0.25) is 0 Å². The van der Waals surface area contributed by atoms with Crippen molar-refractivity contribution in [2.75, 3.05) is 0 Å². The van der Waals surface area contributed by atoms with E-state index in [1.807, 2.05) is 0 Å². The number of imidazole rings is 1. The molecule has 0 radical (unpaired) electrons. The van der Waals surface area contributed by atoms with Crippen molar-refractivity contribution in [2.45, 2.75) is 25.8 Å². The van der Waals surface area contributed by atoms with Gasteiger partial charge in [-0.1, -0.05) is 55.5 Å². The van der Waals surface area contributed by atoms with Gasteiger partial charge in [-0.05, 0) is 42.8 Å².